The van der Waals surface area contributed by atoms with Gasteiger partial charge < -0.3 is 9.73 Å². The molecule has 0 fully saturated rings. The van der Waals surface area contributed by atoms with Crippen LogP contribution in [0.1, 0.15) is 11.3 Å². The number of hydrogen-bond donors (Lipinski definition) is 1. The molecule has 1 aliphatic rings. The third kappa shape index (κ3) is 1.81. The van der Waals surface area contributed by atoms with Gasteiger partial charge in [-0.3, -0.25) is 0 Å². The van der Waals surface area contributed by atoms with Gasteiger partial charge in [-0.1, -0.05) is 28.1 Å². The van der Waals surface area contributed by atoms with Crippen molar-refractivity contribution in [2.75, 3.05) is 6.54 Å². The van der Waals surface area contributed by atoms with Crippen molar-refractivity contribution < 1.29 is 4.42 Å². The predicted molar refractivity (Wildman–Crippen MR) is 67.3 cm³/mol. The number of furan rings is 1. The largest absolute Gasteiger partial charge is 0.459 e. The van der Waals surface area contributed by atoms with Crippen LogP contribution in [0.3, 0.4) is 0 Å². The molecule has 1 aromatic heterocycles. The first-order valence-electron chi connectivity index (χ1n) is 5.41. The molecule has 1 N–H and O–H groups in total. The van der Waals surface area contributed by atoms with Gasteiger partial charge in [-0.25, -0.2) is 0 Å². The van der Waals surface area contributed by atoms with Crippen molar-refractivity contribution in [2.24, 2.45) is 0 Å². The lowest BCUT2D eigenvalue weighted by Crippen LogP contribution is -2.22. The summed E-state index contributed by atoms with van der Waals surface area (Å²) < 4.78 is 6.95. The molecule has 82 valence electrons. The number of halogens is 1. The highest BCUT2D eigenvalue weighted by Crippen LogP contribution is 2.28. The van der Waals surface area contributed by atoms with Gasteiger partial charge in [-0.15, -0.1) is 0 Å². The molecule has 3 rings (SSSR count). The number of fused-ring (bicyclic) bond motifs is 1. The van der Waals surface area contributed by atoms with Crippen LogP contribution in [0.4, 0.5) is 0 Å². The highest BCUT2D eigenvalue weighted by Gasteiger charge is 2.15. The molecule has 0 saturated carbocycles. The quantitative estimate of drug-likeness (QED) is 0.865. The fraction of sp³-hybridized carbons (Fsp3) is 0.231. The number of nitrogens with one attached hydrogen (secondary N) is 1. The van der Waals surface area contributed by atoms with E-state index in [9.17, 15) is 0 Å². The Kier molecular flexibility index (Phi) is 2.58. The van der Waals surface area contributed by atoms with Gasteiger partial charge in [0.2, 0.25) is 0 Å². The molecule has 0 amide bonds. The third-order valence-electron chi connectivity index (χ3n) is 2.88. The van der Waals surface area contributed by atoms with E-state index < -0.39 is 0 Å². The average Bonchev–Trinajstić information content (AvgIpc) is 2.73. The molecule has 0 spiro atoms. The molecule has 16 heavy (non-hydrogen) atoms. The van der Waals surface area contributed by atoms with Gasteiger partial charge in [0.15, 0.2) is 0 Å². The molecular weight excluding hydrogens is 266 g/mol. The Labute approximate surface area is 103 Å². The topological polar surface area (TPSA) is 25.2 Å². The Hall–Kier alpha value is -1.06. The van der Waals surface area contributed by atoms with Gasteiger partial charge in [0.25, 0.3) is 0 Å². The summed E-state index contributed by atoms with van der Waals surface area (Å²) >= 11 is 3.43. The molecule has 0 bridgehead atoms. The molecule has 0 atom stereocenters. The van der Waals surface area contributed by atoms with Crippen LogP contribution < -0.4 is 5.32 Å². The summed E-state index contributed by atoms with van der Waals surface area (Å²) in [6.45, 7) is 1.90. The predicted octanol–water partition coefficient (Wildman–Crippen LogP) is 3.35. The zero-order valence-electron chi connectivity index (χ0n) is 8.79. The summed E-state index contributed by atoms with van der Waals surface area (Å²) in [6, 6.07) is 10.4. The van der Waals surface area contributed by atoms with Crippen molar-refractivity contribution in [3.05, 3.63) is 46.1 Å². The highest BCUT2D eigenvalue weighted by atomic mass is 79.9. The minimum absolute atomic E-state index is 0.853. The zero-order valence-corrected chi connectivity index (χ0v) is 10.4. The second-order valence-electron chi connectivity index (χ2n) is 3.99. The summed E-state index contributed by atoms with van der Waals surface area (Å²) in [6.07, 6.45) is 1.06. The van der Waals surface area contributed by atoms with Crippen molar-refractivity contribution in [1.82, 2.24) is 5.32 Å². The van der Waals surface area contributed by atoms with E-state index in [1.54, 1.807) is 0 Å². The molecular formula is C13H12BrNO. The van der Waals surface area contributed by atoms with Crippen LogP contribution in [0.15, 0.2) is 39.2 Å². The van der Waals surface area contributed by atoms with Crippen molar-refractivity contribution in [2.45, 2.75) is 13.0 Å². The van der Waals surface area contributed by atoms with E-state index in [1.807, 2.05) is 12.1 Å². The van der Waals surface area contributed by atoms with Crippen LogP contribution in [0.2, 0.25) is 0 Å². The summed E-state index contributed by atoms with van der Waals surface area (Å²) in [5.74, 6) is 2.06. The van der Waals surface area contributed by atoms with Gasteiger partial charge in [0, 0.05) is 10.0 Å². The van der Waals surface area contributed by atoms with Crippen LogP contribution in [0.25, 0.3) is 11.3 Å². The van der Waals surface area contributed by atoms with Gasteiger partial charge >= 0.3 is 0 Å². The van der Waals surface area contributed by atoms with E-state index in [4.69, 9.17) is 4.42 Å². The average molecular weight is 278 g/mol. The molecule has 2 heterocycles. The maximum absolute atomic E-state index is 5.85. The zero-order chi connectivity index (χ0) is 11.0. The monoisotopic (exact) mass is 277 g/mol. The molecule has 0 unspecified atom stereocenters. The molecule has 3 heteroatoms. The maximum Gasteiger partial charge on any atom is 0.134 e. The standard InChI is InChI=1S/C13H12BrNO/c14-11-3-1-9(2-4-11)12-7-10-5-6-15-8-13(10)16-12/h1-4,7,15H,5-6,8H2. The minimum atomic E-state index is 0.853. The van der Waals surface area contributed by atoms with Crippen molar-refractivity contribution in [3.8, 4) is 11.3 Å². The Morgan fingerprint density at radius 2 is 2.00 bits per heavy atom. The van der Waals surface area contributed by atoms with Gasteiger partial charge in [-0.05, 0) is 36.7 Å². The van der Waals surface area contributed by atoms with Crippen LogP contribution in [-0.4, -0.2) is 6.54 Å². The summed E-state index contributed by atoms with van der Waals surface area (Å²) in [5, 5.41) is 3.31. The second kappa shape index (κ2) is 4.07. The van der Waals surface area contributed by atoms with Gasteiger partial charge in [-0.2, -0.15) is 0 Å². The van der Waals surface area contributed by atoms with Gasteiger partial charge in [0.1, 0.15) is 11.5 Å². The van der Waals surface area contributed by atoms with Crippen molar-refractivity contribution >= 4 is 15.9 Å². The summed E-state index contributed by atoms with van der Waals surface area (Å²) in [7, 11) is 0. The second-order valence-corrected chi connectivity index (χ2v) is 4.91. The number of hydrogen-bond acceptors (Lipinski definition) is 2. The molecule has 1 aromatic carbocycles. The number of benzene rings is 1. The first-order valence-corrected chi connectivity index (χ1v) is 6.20. The molecule has 2 nitrogen and oxygen atoms in total. The molecule has 0 radical (unpaired) electrons. The third-order valence-corrected chi connectivity index (χ3v) is 3.41. The summed E-state index contributed by atoms with van der Waals surface area (Å²) in [5.41, 5.74) is 2.48. The van der Waals surface area contributed by atoms with E-state index in [0.29, 0.717) is 0 Å². The normalized spacial score (nSPS) is 14.8. The molecule has 1 aliphatic heterocycles. The van der Waals surface area contributed by atoms with Crippen LogP contribution in [0, 0.1) is 0 Å². The lowest BCUT2D eigenvalue weighted by molar-refractivity contribution is 0.472. The van der Waals surface area contributed by atoms with Crippen LogP contribution in [-0.2, 0) is 13.0 Å². The SMILES string of the molecule is Brc1ccc(-c2cc3c(o2)CNCC3)cc1. The first kappa shape index (κ1) is 10.1. The molecule has 0 saturated heterocycles. The molecule has 0 aliphatic carbocycles. The van der Waals surface area contributed by atoms with E-state index in [1.165, 1.54) is 5.56 Å². The van der Waals surface area contributed by atoms with E-state index >= 15 is 0 Å². The van der Waals surface area contributed by atoms with Crippen molar-refractivity contribution in [1.29, 1.82) is 0 Å². The van der Waals surface area contributed by atoms with Crippen LogP contribution in [0.5, 0.6) is 0 Å². The lowest BCUT2D eigenvalue weighted by Gasteiger charge is -2.09. The highest BCUT2D eigenvalue weighted by molar-refractivity contribution is 9.10. The Morgan fingerprint density at radius 3 is 2.75 bits per heavy atom. The van der Waals surface area contributed by atoms with Crippen LogP contribution >= 0.6 is 15.9 Å². The van der Waals surface area contributed by atoms with E-state index in [0.717, 1.165) is 41.1 Å². The minimum Gasteiger partial charge on any atom is -0.459 e. The fourth-order valence-corrected chi connectivity index (χ4v) is 2.27. The fourth-order valence-electron chi connectivity index (χ4n) is 2.01. The first-order chi connectivity index (χ1) is 7.83. The Bertz CT molecular complexity index is 478. The van der Waals surface area contributed by atoms with Gasteiger partial charge in [0.05, 0.1) is 6.54 Å². The lowest BCUT2D eigenvalue weighted by atomic mass is 10.1. The number of rotatable bonds is 1. The molecule has 2 aromatic rings. The smallest absolute Gasteiger partial charge is 0.134 e. The summed E-state index contributed by atoms with van der Waals surface area (Å²) in [4.78, 5) is 0. The Morgan fingerprint density at radius 1 is 1.19 bits per heavy atom. The van der Waals surface area contributed by atoms with E-state index in [2.05, 4.69) is 39.4 Å². The van der Waals surface area contributed by atoms with E-state index in [-0.39, 0.29) is 0 Å². The van der Waals surface area contributed by atoms with Crippen molar-refractivity contribution in [3.63, 3.8) is 0 Å². The maximum atomic E-state index is 5.85. The Balaban J connectivity index is 2.00.